The van der Waals surface area contributed by atoms with Crippen LogP contribution in [0.2, 0.25) is 0 Å². The van der Waals surface area contributed by atoms with Gasteiger partial charge in [0.15, 0.2) is 0 Å². The van der Waals surface area contributed by atoms with Gasteiger partial charge >= 0.3 is 0 Å². The van der Waals surface area contributed by atoms with Crippen molar-refractivity contribution in [1.82, 2.24) is 19.7 Å². The number of aryl methyl sites for hydroxylation is 1. The van der Waals surface area contributed by atoms with Gasteiger partial charge in [-0.1, -0.05) is 12.1 Å². The highest BCUT2D eigenvalue weighted by atomic mass is 16.3. The number of fused-ring (bicyclic) bond motifs is 1. The Morgan fingerprint density at radius 1 is 1.28 bits per heavy atom. The molecule has 136 valence electrons. The number of amides is 1. The smallest absolute Gasteiger partial charge is 0.270 e. The maximum absolute atomic E-state index is 12.6. The average molecular weight is 344 g/mol. The van der Waals surface area contributed by atoms with E-state index in [1.54, 1.807) is 11.9 Å². The molecule has 1 aliphatic heterocycles. The van der Waals surface area contributed by atoms with Crippen LogP contribution in [0.1, 0.15) is 16.1 Å². The Morgan fingerprint density at radius 2 is 2.00 bits per heavy atom. The first kappa shape index (κ1) is 17.9. The molecule has 1 aromatic heterocycles. The molecule has 0 spiro atoms. The van der Waals surface area contributed by atoms with E-state index in [0.717, 1.165) is 42.6 Å². The number of benzene rings is 1. The Morgan fingerprint density at radius 3 is 2.72 bits per heavy atom. The number of aromatic amines is 1. The summed E-state index contributed by atoms with van der Waals surface area (Å²) in [5.41, 5.74) is 2.69. The van der Waals surface area contributed by atoms with E-state index in [1.165, 1.54) is 0 Å². The average Bonchev–Trinajstić information content (AvgIpc) is 2.99. The summed E-state index contributed by atoms with van der Waals surface area (Å²) in [6.07, 6.45) is -0.538. The first-order chi connectivity index (χ1) is 11.9. The Labute approximate surface area is 149 Å². The Balaban J connectivity index is 1.57. The van der Waals surface area contributed by atoms with E-state index in [-0.39, 0.29) is 5.91 Å². The number of hydrogen-bond acceptors (Lipinski definition) is 4. The lowest BCUT2D eigenvalue weighted by atomic mass is 10.2. The maximum atomic E-state index is 12.6. The van der Waals surface area contributed by atoms with Gasteiger partial charge < -0.3 is 19.9 Å². The number of H-pyrrole nitrogens is 1. The minimum Gasteiger partial charge on any atom is -0.390 e. The van der Waals surface area contributed by atoms with Crippen LogP contribution < -0.4 is 0 Å². The van der Waals surface area contributed by atoms with Crippen LogP contribution in [-0.4, -0.2) is 90.2 Å². The second-order valence-corrected chi connectivity index (χ2v) is 7.22. The highest BCUT2D eigenvalue weighted by Crippen LogP contribution is 2.18. The number of aliphatic hydroxyl groups excluding tert-OH is 1. The van der Waals surface area contributed by atoms with Crippen molar-refractivity contribution < 1.29 is 9.90 Å². The maximum Gasteiger partial charge on any atom is 0.270 e. The van der Waals surface area contributed by atoms with Crippen LogP contribution >= 0.6 is 0 Å². The van der Waals surface area contributed by atoms with Gasteiger partial charge in [-0.3, -0.25) is 9.69 Å². The van der Waals surface area contributed by atoms with E-state index in [2.05, 4.69) is 21.8 Å². The summed E-state index contributed by atoms with van der Waals surface area (Å²) in [4.78, 5) is 22.0. The fourth-order valence-corrected chi connectivity index (χ4v) is 3.35. The standard InChI is InChI=1S/C19H28N4O2/c1-14-4-5-15-11-18(20-17(15)10-14)19(25)22(3)12-16(24)13-23-8-6-21(2)7-9-23/h4-5,10-11,16,20,24H,6-9,12-13H2,1-3H3. The highest BCUT2D eigenvalue weighted by molar-refractivity contribution is 5.98. The quantitative estimate of drug-likeness (QED) is 0.854. The molecule has 6 heteroatoms. The van der Waals surface area contributed by atoms with Gasteiger partial charge in [-0.2, -0.15) is 0 Å². The van der Waals surface area contributed by atoms with Crippen molar-refractivity contribution in [2.24, 2.45) is 0 Å². The van der Waals surface area contributed by atoms with E-state index >= 15 is 0 Å². The lowest BCUT2D eigenvalue weighted by Gasteiger charge is -2.34. The first-order valence-electron chi connectivity index (χ1n) is 8.86. The molecule has 25 heavy (non-hydrogen) atoms. The van der Waals surface area contributed by atoms with Gasteiger partial charge in [0.25, 0.3) is 5.91 Å². The molecule has 3 rings (SSSR count). The van der Waals surface area contributed by atoms with Crippen LogP contribution in [0.25, 0.3) is 10.9 Å². The highest BCUT2D eigenvalue weighted by Gasteiger charge is 2.21. The van der Waals surface area contributed by atoms with Crippen molar-refractivity contribution in [3.63, 3.8) is 0 Å². The molecule has 1 aliphatic rings. The van der Waals surface area contributed by atoms with E-state index in [9.17, 15) is 9.90 Å². The fraction of sp³-hybridized carbons (Fsp3) is 0.526. The van der Waals surface area contributed by atoms with Crippen LogP contribution in [0.3, 0.4) is 0 Å². The first-order valence-corrected chi connectivity index (χ1v) is 8.86. The normalized spacial score (nSPS) is 17.8. The molecular formula is C19H28N4O2. The summed E-state index contributed by atoms with van der Waals surface area (Å²) in [5.74, 6) is -0.0914. The lowest BCUT2D eigenvalue weighted by Crippen LogP contribution is -2.49. The molecule has 2 aromatic rings. The lowest BCUT2D eigenvalue weighted by molar-refractivity contribution is 0.0499. The molecule has 2 N–H and O–H groups in total. The molecule has 0 saturated carbocycles. The van der Waals surface area contributed by atoms with Gasteiger partial charge in [0.1, 0.15) is 5.69 Å². The van der Waals surface area contributed by atoms with Crippen LogP contribution in [0.5, 0.6) is 0 Å². The largest absolute Gasteiger partial charge is 0.390 e. The number of piperazine rings is 1. The summed E-state index contributed by atoms with van der Waals surface area (Å²) in [6, 6.07) is 7.96. The summed E-state index contributed by atoms with van der Waals surface area (Å²) >= 11 is 0. The van der Waals surface area contributed by atoms with Crippen LogP contribution in [0, 0.1) is 6.92 Å². The predicted molar refractivity (Wildman–Crippen MR) is 99.9 cm³/mol. The van der Waals surface area contributed by atoms with E-state index < -0.39 is 6.10 Å². The second kappa shape index (κ2) is 7.56. The molecule has 1 aromatic carbocycles. The number of carbonyl (C=O) groups excluding carboxylic acids is 1. The van der Waals surface area contributed by atoms with Crippen molar-refractivity contribution in [3.05, 3.63) is 35.5 Å². The zero-order valence-electron chi connectivity index (χ0n) is 15.3. The molecule has 0 aliphatic carbocycles. The van der Waals surface area contributed by atoms with Crippen molar-refractivity contribution in [2.75, 3.05) is 53.4 Å². The molecule has 1 saturated heterocycles. The third kappa shape index (κ3) is 4.39. The zero-order chi connectivity index (χ0) is 18.0. The van der Waals surface area contributed by atoms with Gasteiger partial charge in [-0.05, 0) is 31.7 Å². The Bertz CT molecular complexity index is 734. The third-order valence-electron chi connectivity index (χ3n) is 4.90. The third-order valence-corrected chi connectivity index (χ3v) is 4.90. The number of hydrogen-bond donors (Lipinski definition) is 2. The SMILES string of the molecule is Cc1ccc2cc(C(=O)N(C)CC(O)CN3CCN(C)CC3)[nH]c2c1. The minimum atomic E-state index is -0.538. The molecule has 1 unspecified atom stereocenters. The number of nitrogens with zero attached hydrogens (tertiary/aromatic N) is 3. The number of carbonyl (C=O) groups is 1. The van der Waals surface area contributed by atoms with Crippen LogP contribution in [0.15, 0.2) is 24.3 Å². The van der Waals surface area contributed by atoms with E-state index in [4.69, 9.17) is 0 Å². The number of β-amino-alcohol motifs (C(OH)–C–C–N with tert-alkyl or cyclic N) is 1. The molecule has 1 atom stereocenters. The van der Waals surface area contributed by atoms with Crippen molar-refractivity contribution in [3.8, 4) is 0 Å². The molecule has 6 nitrogen and oxygen atoms in total. The van der Waals surface area contributed by atoms with Crippen LogP contribution in [-0.2, 0) is 0 Å². The zero-order valence-corrected chi connectivity index (χ0v) is 15.3. The molecule has 1 fully saturated rings. The Hall–Kier alpha value is -1.89. The van der Waals surface area contributed by atoms with Crippen molar-refractivity contribution in [1.29, 1.82) is 0 Å². The molecular weight excluding hydrogens is 316 g/mol. The van der Waals surface area contributed by atoms with Gasteiger partial charge in [0.2, 0.25) is 0 Å². The molecule has 0 radical (unpaired) electrons. The van der Waals surface area contributed by atoms with Crippen molar-refractivity contribution >= 4 is 16.8 Å². The molecule has 2 heterocycles. The van der Waals surface area contributed by atoms with Crippen molar-refractivity contribution in [2.45, 2.75) is 13.0 Å². The van der Waals surface area contributed by atoms with Gasteiger partial charge in [-0.25, -0.2) is 0 Å². The number of likely N-dealkylation sites (N-methyl/N-ethyl adjacent to an activating group) is 2. The summed E-state index contributed by atoms with van der Waals surface area (Å²) in [7, 11) is 3.86. The molecule has 0 bridgehead atoms. The van der Waals surface area contributed by atoms with Crippen LogP contribution in [0.4, 0.5) is 0 Å². The van der Waals surface area contributed by atoms with Gasteiger partial charge in [0, 0.05) is 57.2 Å². The minimum absolute atomic E-state index is 0.0914. The van der Waals surface area contributed by atoms with Gasteiger partial charge in [0.05, 0.1) is 6.10 Å². The van der Waals surface area contributed by atoms with E-state index in [0.29, 0.717) is 18.8 Å². The number of rotatable bonds is 5. The Kier molecular flexibility index (Phi) is 5.42. The monoisotopic (exact) mass is 344 g/mol. The topological polar surface area (TPSA) is 62.8 Å². The molecule has 1 amide bonds. The van der Waals surface area contributed by atoms with E-state index in [1.807, 2.05) is 31.2 Å². The number of aliphatic hydroxyl groups is 1. The number of nitrogens with one attached hydrogen (secondary N) is 1. The number of aromatic nitrogens is 1. The summed E-state index contributed by atoms with van der Waals surface area (Å²) in [5, 5.41) is 11.4. The van der Waals surface area contributed by atoms with Gasteiger partial charge in [-0.15, -0.1) is 0 Å². The fourth-order valence-electron chi connectivity index (χ4n) is 3.35. The summed E-state index contributed by atoms with van der Waals surface area (Å²) in [6.45, 7) is 6.95. The predicted octanol–water partition coefficient (Wildman–Crippen LogP) is 1.16. The second-order valence-electron chi connectivity index (χ2n) is 7.22. The summed E-state index contributed by atoms with van der Waals surface area (Å²) < 4.78 is 0.